The van der Waals surface area contributed by atoms with E-state index in [1.807, 2.05) is 27.7 Å². The van der Waals surface area contributed by atoms with Gasteiger partial charge in [-0.15, -0.1) is 0 Å². The van der Waals surface area contributed by atoms with Gasteiger partial charge in [0.15, 0.2) is 0 Å². The quantitative estimate of drug-likeness (QED) is 0.0737. The van der Waals surface area contributed by atoms with Gasteiger partial charge in [-0.25, -0.2) is 0 Å². The topological polar surface area (TPSA) is 212 Å². The van der Waals surface area contributed by atoms with E-state index in [2.05, 4.69) is 21.3 Å². The van der Waals surface area contributed by atoms with Crippen LogP contribution in [-0.2, 0) is 24.0 Å². The highest BCUT2D eigenvalue weighted by Crippen LogP contribution is 2.11. The zero-order valence-electron chi connectivity index (χ0n) is 23.6. The van der Waals surface area contributed by atoms with E-state index in [-0.39, 0.29) is 18.4 Å². The normalized spacial score (nSPS) is 14.3. The summed E-state index contributed by atoms with van der Waals surface area (Å²) in [6.45, 7) is 8.35. The number of unbranched alkanes of at least 4 members (excludes halogenated alkanes) is 2. The van der Waals surface area contributed by atoms with Crippen molar-refractivity contribution in [3.8, 4) is 0 Å². The van der Waals surface area contributed by atoms with Gasteiger partial charge in [-0.3, -0.25) is 19.2 Å². The zero-order valence-corrected chi connectivity index (χ0v) is 23.6. The molecule has 220 valence electrons. The van der Waals surface area contributed by atoms with Crippen molar-refractivity contribution in [1.29, 1.82) is 0 Å². The van der Waals surface area contributed by atoms with Crippen molar-refractivity contribution in [3.05, 3.63) is 0 Å². The molecule has 0 saturated carbocycles. The van der Waals surface area contributed by atoms with Crippen LogP contribution in [-0.4, -0.2) is 73.7 Å². The fraction of sp³-hybridized carbons (Fsp3) is 0.808. The minimum Gasteiger partial charge on any atom is -0.345 e. The van der Waals surface area contributed by atoms with Crippen LogP contribution < -0.4 is 38.5 Å². The van der Waals surface area contributed by atoms with Crippen LogP contribution >= 0.6 is 0 Å². The molecule has 4 amide bonds. The van der Waals surface area contributed by atoms with Gasteiger partial charge in [0.1, 0.15) is 24.4 Å². The van der Waals surface area contributed by atoms with Gasteiger partial charge in [0.2, 0.25) is 23.6 Å². The van der Waals surface area contributed by atoms with E-state index in [1.165, 1.54) is 0 Å². The smallest absolute Gasteiger partial charge is 0.243 e. The Labute approximate surface area is 227 Å². The molecule has 0 rings (SSSR count). The van der Waals surface area contributed by atoms with Crippen molar-refractivity contribution in [3.63, 3.8) is 0 Å². The van der Waals surface area contributed by atoms with Crippen molar-refractivity contribution in [1.82, 2.24) is 21.3 Å². The number of hydrogen-bond acceptors (Lipinski definition) is 8. The number of carbonyl (C=O) groups is 5. The summed E-state index contributed by atoms with van der Waals surface area (Å²) in [5, 5.41) is 10.8. The Morgan fingerprint density at radius 3 is 1.50 bits per heavy atom. The predicted molar refractivity (Wildman–Crippen MR) is 148 cm³/mol. The Hall–Kier alpha value is -2.57. The van der Waals surface area contributed by atoms with Gasteiger partial charge in [-0.2, -0.15) is 0 Å². The zero-order chi connectivity index (χ0) is 29.1. The molecule has 0 saturated heterocycles. The summed E-state index contributed by atoms with van der Waals surface area (Å²) >= 11 is 0. The van der Waals surface area contributed by atoms with Crippen LogP contribution in [0.25, 0.3) is 0 Å². The molecule has 0 heterocycles. The van der Waals surface area contributed by atoms with Crippen LogP contribution in [0.5, 0.6) is 0 Å². The van der Waals surface area contributed by atoms with Crippen molar-refractivity contribution in [2.75, 3.05) is 19.6 Å². The summed E-state index contributed by atoms with van der Waals surface area (Å²) in [5.74, 6) is -1.82. The Balaban J connectivity index is 5.59. The van der Waals surface area contributed by atoms with E-state index in [0.717, 1.165) is 6.42 Å². The van der Waals surface area contributed by atoms with Gasteiger partial charge < -0.3 is 43.3 Å². The fourth-order valence-corrected chi connectivity index (χ4v) is 3.93. The first-order valence-corrected chi connectivity index (χ1v) is 13.7. The molecule has 4 atom stereocenters. The minimum atomic E-state index is -0.928. The molecular formula is C26H51N7O5. The third-order valence-electron chi connectivity index (χ3n) is 5.93. The molecule has 0 bridgehead atoms. The third-order valence-corrected chi connectivity index (χ3v) is 5.93. The lowest BCUT2D eigenvalue weighted by Gasteiger charge is -2.27. The molecule has 0 aromatic heterocycles. The first-order valence-electron chi connectivity index (χ1n) is 13.7. The number of nitrogens with one attached hydrogen (secondary N) is 4. The van der Waals surface area contributed by atoms with Gasteiger partial charge in [0, 0.05) is 0 Å². The molecule has 12 nitrogen and oxygen atoms in total. The van der Waals surface area contributed by atoms with Crippen molar-refractivity contribution in [2.45, 2.75) is 103 Å². The maximum atomic E-state index is 13.3. The van der Waals surface area contributed by atoms with Crippen LogP contribution in [0, 0.1) is 11.8 Å². The molecule has 0 fully saturated rings. The molecule has 0 aromatic carbocycles. The summed E-state index contributed by atoms with van der Waals surface area (Å²) in [7, 11) is 0. The average Bonchev–Trinajstić information content (AvgIpc) is 2.85. The third kappa shape index (κ3) is 15.6. The largest absolute Gasteiger partial charge is 0.345 e. The molecule has 10 N–H and O–H groups in total. The number of aldehydes is 1. The number of amides is 4. The van der Waals surface area contributed by atoms with Crippen LogP contribution in [0.4, 0.5) is 0 Å². The van der Waals surface area contributed by atoms with E-state index >= 15 is 0 Å². The average molecular weight is 542 g/mol. The van der Waals surface area contributed by atoms with E-state index in [9.17, 15) is 24.0 Å². The number of rotatable bonds is 21. The Morgan fingerprint density at radius 2 is 1.08 bits per heavy atom. The van der Waals surface area contributed by atoms with Crippen molar-refractivity contribution >= 4 is 29.9 Å². The summed E-state index contributed by atoms with van der Waals surface area (Å²) in [6, 6.07) is -3.35. The van der Waals surface area contributed by atoms with Gasteiger partial charge >= 0.3 is 0 Å². The summed E-state index contributed by atoms with van der Waals surface area (Å²) < 4.78 is 0. The van der Waals surface area contributed by atoms with Gasteiger partial charge in [-0.05, 0) is 76.3 Å². The lowest BCUT2D eigenvalue weighted by Crippen LogP contribution is -2.58. The molecule has 0 aromatic rings. The number of nitrogens with two attached hydrogens (primary N) is 3. The van der Waals surface area contributed by atoms with Gasteiger partial charge in [-0.1, -0.05) is 27.7 Å². The molecule has 38 heavy (non-hydrogen) atoms. The highest BCUT2D eigenvalue weighted by atomic mass is 16.2. The second kappa shape index (κ2) is 20.4. The first-order chi connectivity index (χ1) is 18.0. The molecule has 0 aliphatic heterocycles. The molecule has 0 spiro atoms. The molecule has 0 unspecified atom stereocenters. The van der Waals surface area contributed by atoms with Crippen LogP contribution in [0.15, 0.2) is 0 Å². The van der Waals surface area contributed by atoms with Crippen molar-refractivity contribution < 1.29 is 24.0 Å². The Bertz CT molecular complexity index is 733. The van der Waals surface area contributed by atoms with E-state index in [1.54, 1.807) is 0 Å². The van der Waals surface area contributed by atoms with Gasteiger partial charge in [0.05, 0.1) is 12.6 Å². The Kier molecular flexibility index (Phi) is 19.0. The number of carbonyl (C=O) groups excluding carboxylic acids is 5. The second-order valence-corrected chi connectivity index (χ2v) is 10.5. The minimum absolute atomic E-state index is 0.0553. The summed E-state index contributed by atoms with van der Waals surface area (Å²) in [5.41, 5.74) is 16.5. The summed E-state index contributed by atoms with van der Waals surface area (Å²) in [4.78, 5) is 62.8. The number of hydrogen-bond donors (Lipinski definition) is 7. The highest BCUT2D eigenvalue weighted by molar-refractivity contribution is 5.94. The fourth-order valence-electron chi connectivity index (χ4n) is 3.93. The highest BCUT2D eigenvalue weighted by Gasteiger charge is 2.30. The lowest BCUT2D eigenvalue weighted by atomic mass is 9.99. The predicted octanol–water partition coefficient (Wildman–Crippen LogP) is -0.567. The van der Waals surface area contributed by atoms with E-state index in [0.29, 0.717) is 64.3 Å². The molecule has 12 heteroatoms. The standard InChI is InChI=1S/C26H51N7O5/c1-17(2)13-21(25(37)30-19(16-34)9-5-7-11-27)33-26(38)22(14-18(3)4)32-24(36)20(10-6-8-12-28)31-23(35)15-29/h16-22H,5-15,27-29H2,1-4H3,(H,30,37)(H,31,35)(H,32,36)(H,33,38)/t19-,20-,21-,22-/m0/s1. The molecule has 0 radical (unpaired) electrons. The SMILES string of the molecule is CC(C)C[C@H](NC(=O)[C@H](CC(C)C)NC(=O)[C@H](CCCCN)NC(=O)CN)C(=O)N[C@H](C=O)CCCCN. The maximum absolute atomic E-state index is 13.3. The molecular weight excluding hydrogens is 490 g/mol. The van der Waals surface area contributed by atoms with Crippen LogP contribution in [0.1, 0.15) is 79.1 Å². The van der Waals surface area contributed by atoms with Crippen molar-refractivity contribution in [2.24, 2.45) is 29.0 Å². The first kappa shape index (κ1) is 35.4. The summed E-state index contributed by atoms with van der Waals surface area (Å²) in [6.07, 6.45) is 4.89. The maximum Gasteiger partial charge on any atom is 0.243 e. The lowest BCUT2D eigenvalue weighted by molar-refractivity contribution is -0.134. The van der Waals surface area contributed by atoms with E-state index < -0.39 is 47.8 Å². The van der Waals surface area contributed by atoms with E-state index in [4.69, 9.17) is 17.2 Å². The van der Waals surface area contributed by atoms with Crippen LogP contribution in [0.2, 0.25) is 0 Å². The monoisotopic (exact) mass is 541 g/mol. The second-order valence-electron chi connectivity index (χ2n) is 10.5. The van der Waals surface area contributed by atoms with Gasteiger partial charge in [0.25, 0.3) is 0 Å². The van der Waals surface area contributed by atoms with Crippen LogP contribution in [0.3, 0.4) is 0 Å². The molecule has 0 aliphatic rings. The molecule has 0 aliphatic carbocycles. The Morgan fingerprint density at radius 1 is 0.632 bits per heavy atom.